The second-order valence-corrected chi connectivity index (χ2v) is 6.24. The minimum atomic E-state index is -0.573. The molecule has 1 saturated heterocycles. The SMILES string of the molecule is COC(=O)C1CCC(C)(C)N1C(=O)OC(C)(C)C. The third kappa shape index (κ3) is 3.15. The number of nitrogens with zero attached hydrogens (tertiary/aromatic N) is 1. The highest BCUT2D eigenvalue weighted by Gasteiger charge is 2.47. The van der Waals surface area contributed by atoms with Crippen molar-refractivity contribution in [2.24, 2.45) is 0 Å². The summed E-state index contributed by atoms with van der Waals surface area (Å²) in [4.78, 5) is 25.4. The van der Waals surface area contributed by atoms with Crippen molar-refractivity contribution in [2.75, 3.05) is 7.11 Å². The van der Waals surface area contributed by atoms with Gasteiger partial charge in [-0.1, -0.05) is 0 Å². The number of hydrogen-bond donors (Lipinski definition) is 0. The van der Waals surface area contributed by atoms with E-state index in [9.17, 15) is 9.59 Å². The number of carbonyl (C=O) groups excluding carboxylic acids is 2. The van der Waals surface area contributed by atoms with Crippen LogP contribution in [0.5, 0.6) is 0 Å². The first-order valence-electron chi connectivity index (χ1n) is 6.18. The minimum Gasteiger partial charge on any atom is -0.467 e. The van der Waals surface area contributed by atoms with Crippen LogP contribution in [0.4, 0.5) is 4.79 Å². The summed E-state index contributed by atoms with van der Waals surface area (Å²) in [5.74, 6) is -0.383. The highest BCUT2D eigenvalue weighted by atomic mass is 16.6. The second-order valence-electron chi connectivity index (χ2n) is 6.24. The van der Waals surface area contributed by atoms with Crippen LogP contribution < -0.4 is 0 Å². The van der Waals surface area contributed by atoms with Crippen molar-refractivity contribution in [3.63, 3.8) is 0 Å². The summed E-state index contributed by atoms with van der Waals surface area (Å²) in [5.41, 5.74) is -0.961. The fourth-order valence-corrected chi connectivity index (χ4v) is 2.21. The second kappa shape index (κ2) is 4.78. The monoisotopic (exact) mass is 257 g/mol. The fourth-order valence-electron chi connectivity index (χ4n) is 2.21. The summed E-state index contributed by atoms with van der Waals surface area (Å²) in [6.07, 6.45) is 0.908. The lowest BCUT2D eigenvalue weighted by Crippen LogP contribution is -2.51. The van der Waals surface area contributed by atoms with E-state index >= 15 is 0 Å². The van der Waals surface area contributed by atoms with Crippen LogP contribution in [0.1, 0.15) is 47.5 Å². The predicted molar refractivity (Wildman–Crippen MR) is 67.2 cm³/mol. The standard InChI is InChI=1S/C13H23NO4/c1-12(2,3)18-11(16)14-9(10(15)17-6)7-8-13(14,4)5/h9H,7-8H2,1-6H3. The van der Waals surface area contributed by atoms with Gasteiger partial charge < -0.3 is 9.47 Å². The zero-order chi connectivity index (χ0) is 14.1. The van der Waals surface area contributed by atoms with Gasteiger partial charge in [0.05, 0.1) is 7.11 Å². The van der Waals surface area contributed by atoms with Crippen molar-refractivity contribution in [3.05, 3.63) is 0 Å². The molecule has 0 radical (unpaired) electrons. The van der Waals surface area contributed by atoms with Crippen LogP contribution in [0.2, 0.25) is 0 Å². The Balaban J connectivity index is 2.92. The first-order chi connectivity index (χ1) is 8.08. The topological polar surface area (TPSA) is 55.8 Å². The van der Waals surface area contributed by atoms with Gasteiger partial charge in [-0.3, -0.25) is 4.90 Å². The maximum absolute atomic E-state index is 12.2. The molecule has 1 atom stereocenters. The molecule has 1 aliphatic rings. The number of hydrogen-bond acceptors (Lipinski definition) is 4. The van der Waals surface area contributed by atoms with Crippen LogP contribution in [-0.4, -0.2) is 41.3 Å². The number of amides is 1. The van der Waals surface area contributed by atoms with Crippen molar-refractivity contribution in [2.45, 2.75) is 64.6 Å². The van der Waals surface area contributed by atoms with E-state index in [1.165, 1.54) is 12.0 Å². The number of esters is 1. The van der Waals surface area contributed by atoms with E-state index in [1.54, 1.807) is 20.8 Å². The molecule has 0 bridgehead atoms. The summed E-state index contributed by atoms with van der Waals surface area (Å²) in [7, 11) is 1.33. The normalized spacial score (nSPS) is 22.8. The highest BCUT2D eigenvalue weighted by Crippen LogP contribution is 2.35. The fraction of sp³-hybridized carbons (Fsp3) is 0.846. The molecule has 0 saturated carbocycles. The Labute approximate surface area is 108 Å². The van der Waals surface area contributed by atoms with E-state index in [1.807, 2.05) is 13.8 Å². The Kier molecular flexibility index (Phi) is 3.93. The van der Waals surface area contributed by atoms with E-state index in [0.717, 1.165) is 6.42 Å². The average Bonchev–Trinajstić information content (AvgIpc) is 2.50. The number of ether oxygens (including phenoxy) is 2. The molecule has 5 heteroatoms. The molecule has 0 aliphatic carbocycles. The molecule has 1 aliphatic heterocycles. The van der Waals surface area contributed by atoms with E-state index in [-0.39, 0.29) is 11.5 Å². The van der Waals surface area contributed by atoms with Gasteiger partial charge in [-0.05, 0) is 47.5 Å². The minimum absolute atomic E-state index is 0.383. The van der Waals surface area contributed by atoms with Crippen LogP contribution in [0, 0.1) is 0 Å². The molecule has 0 aromatic carbocycles. The molecular formula is C13H23NO4. The van der Waals surface area contributed by atoms with Crippen LogP contribution in [0.25, 0.3) is 0 Å². The van der Waals surface area contributed by atoms with E-state index in [4.69, 9.17) is 9.47 Å². The number of methoxy groups -OCH3 is 1. The molecule has 1 heterocycles. The lowest BCUT2D eigenvalue weighted by molar-refractivity contribution is -0.146. The van der Waals surface area contributed by atoms with Crippen LogP contribution >= 0.6 is 0 Å². The van der Waals surface area contributed by atoms with E-state index in [2.05, 4.69) is 0 Å². The Morgan fingerprint density at radius 3 is 2.28 bits per heavy atom. The van der Waals surface area contributed by atoms with Gasteiger partial charge in [0, 0.05) is 5.54 Å². The molecule has 5 nitrogen and oxygen atoms in total. The number of rotatable bonds is 1. The van der Waals surface area contributed by atoms with Gasteiger partial charge in [0.25, 0.3) is 0 Å². The summed E-state index contributed by atoms with van der Waals surface area (Å²) < 4.78 is 10.1. The van der Waals surface area contributed by atoms with Gasteiger partial charge in [-0.2, -0.15) is 0 Å². The van der Waals surface area contributed by atoms with Crippen molar-refractivity contribution in [1.82, 2.24) is 4.90 Å². The smallest absolute Gasteiger partial charge is 0.411 e. The summed E-state index contributed by atoms with van der Waals surface area (Å²) in [5, 5.41) is 0. The van der Waals surface area contributed by atoms with Gasteiger partial charge in [0.15, 0.2) is 0 Å². The molecule has 0 aromatic rings. The molecule has 1 rings (SSSR count). The quantitative estimate of drug-likeness (QED) is 0.676. The van der Waals surface area contributed by atoms with E-state index < -0.39 is 17.7 Å². The lowest BCUT2D eigenvalue weighted by atomic mass is 10.0. The molecule has 0 spiro atoms. The molecule has 1 amide bonds. The van der Waals surface area contributed by atoms with E-state index in [0.29, 0.717) is 6.42 Å². The molecule has 1 unspecified atom stereocenters. The Hall–Kier alpha value is -1.26. The molecule has 1 fully saturated rings. The third-order valence-electron chi connectivity index (χ3n) is 3.06. The van der Waals surface area contributed by atoms with Gasteiger partial charge >= 0.3 is 12.1 Å². The molecule has 104 valence electrons. The zero-order valence-electron chi connectivity index (χ0n) is 12.1. The number of carbonyl (C=O) groups is 2. The predicted octanol–water partition coefficient (Wildman–Crippen LogP) is 2.34. The van der Waals surface area contributed by atoms with Crippen molar-refractivity contribution >= 4 is 12.1 Å². The lowest BCUT2D eigenvalue weighted by Gasteiger charge is -2.35. The van der Waals surface area contributed by atoms with Gasteiger partial charge in [-0.25, -0.2) is 9.59 Å². The number of likely N-dealkylation sites (tertiary alicyclic amines) is 1. The van der Waals surface area contributed by atoms with Crippen molar-refractivity contribution in [3.8, 4) is 0 Å². The Morgan fingerprint density at radius 1 is 1.28 bits per heavy atom. The summed E-state index contributed by atoms with van der Waals surface area (Å²) in [6, 6.07) is -0.542. The van der Waals surface area contributed by atoms with Crippen LogP contribution in [0.3, 0.4) is 0 Å². The Morgan fingerprint density at radius 2 is 1.83 bits per heavy atom. The third-order valence-corrected chi connectivity index (χ3v) is 3.06. The maximum Gasteiger partial charge on any atom is 0.411 e. The van der Waals surface area contributed by atoms with Crippen LogP contribution in [0.15, 0.2) is 0 Å². The molecule has 18 heavy (non-hydrogen) atoms. The van der Waals surface area contributed by atoms with Gasteiger partial charge in [0.2, 0.25) is 0 Å². The highest BCUT2D eigenvalue weighted by molar-refractivity contribution is 5.82. The summed E-state index contributed by atoms with van der Waals surface area (Å²) in [6.45, 7) is 9.28. The van der Waals surface area contributed by atoms with Crippen LogP contribution in [-0.2, 0) is 14.3 Å². The van der Waals surface area contributed by atoms with Gasteiger partial charge in [-0.15, -0.1) is 0 Å². The largest absolute Gasteiger partial charge is 0.467 e. The maximum atomic E-state index is 12.2. The zero-order valence-corrected chi connectivity index (χ0v) is 12.1. The first-order valence-corrected chi connectivity index (χ1v) is 6.18. The summed E-state index contributed by atoms with van der Waals surface area (Å²) >= 11 is 0. The first kappa shape index (κ1) is 14.8. The molecule has 0 N–H and O–H groups in total. The van der Waals surface area contributed by atoms with Gasteiger partial charge in [0.1, 0.15) is 11.6 Å². The average molecular weight is 257 g/mol. The Bertz CT molecular complexity index is 343. The molecule has 0 aromatic heterocycles. The molecular weight excluding hydrogens is 234 g/mol. The van der Waals surface area contributed by atoms with Crippen molar-refractivity contribution in [1.29, 1.82) is 0 Å². The van der Waals surface area contributed by atoms with Crippen molar-refractivity contribution < 1.29 is 19.1 Å².